The lowest BCUT2D eigenvalue weighted by atomic mass is 9.85. The molecule has 2 unspecified atom stereocenters. The zero-order valence-electron chi connectivity index (χ0n) is 17.5. The van der Waals surface area contributed by atoms with Gasteiger partial charge in [-0.05, 0) is 36.6 Å². The largest absolute Gasteiger partial charge is 0.493 e. The van der Waals surface area contributed by atoms with E-state index in [9.17, 15) is 4.79 Å². The lowest BCUT2D eigenvalue weighted by molar-refractivity contribution is -0.233. The molecule has 6 nitrogen and oxygen atoms in total. The third-order valence-electron chi connectivity index (χ3n) is 5.76. The van der Waals surface area contributed by atoms with Crippen molar-refractivity contribution in [1.29, 1.82) is 0 Å². The van der Waals surface area contributed by atoms with Crippen LogP contribution in [0.1, 0.15) is 67.6 Å². The zero-order valence-corrected chi connectivity index (χ0v) is 17.5. The highest BCUT2D eigenvalue weighted by Crippen LogP contribution is 2.50. The fraction of sp³-hybridized carbons (Fsp3) is 0.522. The molecule has 1 aromatic carbocycles. The van der Waals surface area contributed by atoms with Crippen molar-refractivity contribution < 1.29 is 23.4 Å². The van der Waals surface area contributed by atoms with E-state index in [4.69, 9.17) is 23.4 Å². The second-order valence-corrected chi connectivity index (χ2v) is 7.83. The predicted molar refractivity (Wildman–Crippen MR) is 108 cm³/mol. The maximum Gasteiger partial charge on any atom is 0.345 e. The number of fused-ring (bicyclic) bond motifs is 6. The van der Waals surface area contributed by atoms with Gasteiger partial charge < -0.3 is 23.4 Å². The first-order chi connectivity index (χ1) is 14.0. The second kappa shape index (κ2) is 7.75. The molecule has 0 spiro atoms. The summed E-state index contributed by atoms with van der Waals surface area (Å²) < 4.78 is 29.2. The molecule has 0 N–H and O–H groups in total. The van der Waals surface area contributed by atoms with Gasteiger partial charge in [0.25, 0.3) is 0 Å². The number of benzene rings is 1. The van der Waals surface area contributed by atoms with Crippen LogP contribution >= 0.6 is 0 Å². The molecule has 2 aromatic rings. The third-order valence-corrected chi connectivity index (χ3v) is 5.76. The Morgan fingerprint density at radius 3 is 2.59 bits per heavy atom. The summed E-state index contributed by atoms with van der Waals surface area (Å²) in [5, 5.41) is 0. The van der Waals surface area contributed by atoms with E-state index in [2.05, 4.69) is 6.92 Å². The Kier molecular flexibility index (Phi) is 5.30. The van der Waals surface area contributed by atoms with Crippen molar-refractivity contribution in [3.63, 3.8) is 0 Å². The summed E-state index contributed by atoms with van der Waals surface area (Å²) in [6.45, 7) is 3.95. The second-order valence-electron chi connectivity index (χ2n) is 7.83. The van der Waals surface area contributed by atoms with Crippen LogP contribution in [0.25, 0.3) is 0 Å². The Morgan fingerprint density at radius 2 is 1.86 bits per heavy atom. The Balaban J connectivity index is 1.83. The molecule has 3 heterocycles. The molecule has 0 aliphatic carbocycles. The van der Waals surface area contributed by atoms with Gasteiger partial charge in [0.15, 0.2) is 11.5 Å². The number of methoxy groups -OCH3 is 2. The first-order valence-corrected chi connectivity index (χ1v) is 10.3. The highest BCUT2D eigenvalue weighted by Gasteiger charge is 2.49. The molecule has 6 heteroatoms. The standard InChI is InChI=1S/C23H28O6/c1-5-6-7-8-9-23-13-15-11-17(25-3)18(26-4)12-16(15)21(29-23)20-19(28-23)10-14(2)27-22(20)24/h10-12,21H,5-9,13H2,1-4H3. The van der Waals surface area contributed by atoms with E-state index >= 15 is 0 Å². The van der Waals surface area contributed by atoms with Crippen molar-refractivity contribution in [1.82, 2.24) is 0 Å². The Bertz CT molecular complexity index is 963. The number of aryl methyl sites for hydroxylation is 1. The van der Waals surface area contributed by atoms with Crippen LogP contribution in [0.3, 0.4) is 0 Å². The maximum absolute atomic E-state index is 12.7. The quantitative estimate of drug-likeness (QED) is 0.629. The molecule has 29 heavy (non-hydrogen) atoms. The minimum absolute atomic E-state index is 0.410. The van der Waals surface area contributed by atoms with Crippen LogP contribution in [0.15, 0.2) is 27.4 Å². The monoisotopic (exact) mass is 400 g/mol. The predicted octanol–water partition coefficient (Wildman–Crippen LogP) is 4.69. The minimum atomic E-state index is -0.793. The Hall–Kier alpha value is -2.47. The van der Waals surface area contributed by atoms with Gasteiger partial charge in [-0.3, -0.25) is 0 Å². The molecule has 2 atom stereocenters. The van der Waals surface area contributed by atoms with Gasteiger partial charge in [-0.2, -0.15) is 0 Å². The van der Waals surface area contributed by atoms with Crippen LogP contribution in [-0.2, 0) is 11.2 Å². The summed E-state index contributed by atoms with van der Waals surface area (Å²) in [7, 11) is 3.22. The third kappa shape index (κ3) is 3.50. The van der Waals surface area contributed by atoms with E-state index < -0.39 is 17.5 Å². The van der Waals surface area contributed by atoms with Crippen molar-refractivity contribution >= 4 is 0 Å². The highest BCUT2D eigenvalue weighted by molar-refractivity contribution is 5.53. The summed E-state index contributed by atoms with van der Waals surface area (Å²) in [6, 6.07) is 5.65. The first-order valence-electron chi connectivity index (χ1n) is 10.3. The van der Waals surface area contributed by atoms with Crippen LogP contribution in [-0.4, -0.2) is 20.0 Å². The molecule has 2 bridgehead atoms. The minimum Gasteiger partial charge on any atom is -0.493 e. The fourth-order valence-corrected chi connectivity index (χ4v) is 4.35. The summed E-state index contributed by atoms with van der Waals surface area (Å²) >= 11 is 0. The maximum atomic E-state index is 12.7. The summed E-state index contributed by atoms with van der Waals surface area (Å²) in [6.07, 6.45) is 5.27. The molecular formula is C23H28O6. The average Bonchev–Trinajstić information content (AvgIpc) is 2.69. The van der Waals surface area contributed by atoms with Gasteiger partial charge in [-0.25, -0.2) is 4.79 Å². The van der Waals surface area contributed by atoms with Crippen molar-refractivity contribution in [3.8, 4) is 17.2 Å². The molecular weight excluding hydrogens is 372 g/mol. The number of rotatable bonds is 7. The smallest absolute Gasteiger partial charge is 0.345 e. The van der Waals surface area contributed by atoms with E-state index in [0.717, 1.165) is 30.4 Å². The van der Waals surface area contributed by atoms with E-state index in [1.54, 1.807) is 27.2 Å². The van der Waals surface area contributed by atoms with Crippen molar-refractivity contribution in [2.75, 3.05) is 14.2 Å². The van der Waals surface area contributed by atoms with Gasteiger partial charge in [0.05, 0.1) is 14.2 Å². The molecule has 0 fully saturated rings. The number of unbranched alkanes of at least 4 members (excludes halogenated alkanes) is 3. The average molecular weight is 400 g/mol. The molecule has 156 valence electrons. The van der Waals surface area contributed by atoms with Crippen LogP contribution < -0.4 is 19.8 Å². The lowest BCUT2D eigenvalue weighted by Crippen LogP contribution is -2.50. The van der Waals surface area contributed by atoms with E-state index in [0.29, 0.717) is 35.0 Å². The Labute approximate surface area is 170 Å². The molecule has 4 rings (SSSR count). The Morgan fingerprint density at radius 1 is 1.10 bits per heavy atom. The SMILES string of the molecule is CCCCCCC12Cc3cc(OC)c(OC)cc3C(O1)c1c(cc(C)oc1=O)O2. The van der Waals surface area contributed by atoms with Crippen molar-refractivity contribution in [2.24, 2.45) is 0 Å². The number of hydrogen-bond donors (Lipinski definition) is 0. The van der Waals surface area contributed by atoms with Crippen molar-refractivity contribution in [2.45, 2.75) is 64.3 Å². The van der Waals surface area contributed by atoms with Crippen LogP contribution in [0.4, 0.5) is 0 Å². The zero-order chi connectivity index (χ0) is 20.6. The van der Waals surface area contributed by atoms with Gasteiger partial charge in [0, 0.05) is 18.9 Å². The van der Waals surface area contributed by atoms with Gasteiger partial charge in [0.2, 0.25) is 5.79 Å². The van der Waals surface area contributed by atoms with Crippen LogP contribution in [0, 0.1) is 6.92 Å². The fourth-order valence-electron chi connectivity index (χ4n) is 4.35. The van der Waals surface area contributed by atoms with Crippen LogP contribution in [0.5, 0.6) is 17.2 Å². The highest BCUT2D eigenvalue weighted by atomic mass is 16.7. The van der Waals surface area contributed by atoms with Crippen molar-refractivity contribution in [3.05, 3.63) is 51.1 Å². The summed E-state index contributed by atoms with van der Waals surface area (Å²) in [5.74, 6) is 1.56. The molecule has 0 radical (unpaired) electrons. The molecule has 1 aromatic heterocycles. The number of hydrogen-bond acceptors (Lipinski definition) is 6. The molecule has 0 saturated heterocycles. The summed E-state index contributed by atoms with van der Waals surface area (Å²) in [5.41, 5.74) is 1.92. The molecule has 0 amide bonds. The van der Waals surface area contributed by atoms with Gasteiger partial charge in [-0.15, -0.1) is 0 Å². The van der Waals surface area contributed by atoms with Gasteiger partial charge in [-0.1, -0.05) is 26.2 Å². The van der Waals surface area contributed by atoms with Crippen LogP contribution in [0.2, 0.25) is 0 Å². The normalized spacial score (nSPS) is 21.7. The van der Waals surface area contributed by atoms with E-state index in [-0.39, 0.29) is 0 Å². The first kappa shape index (κ1) is 19.8. The summed E-state index contributed by atoms with van der Waals surface area (Å²) in [4.78, 5) is 12.7. The molecule has 0 saturated carbocycles. The van der Waals surface area contributed by atoms with Gasteiger partial charge >= 0.3 is 5.63 Å². The molecule has 2 aliphatic heterocycles. The molecule has 2 aliphatic rings. The lowest BCUT2D eigenvalue weighted by Gasteiger charge is -2.46. The van der Waals surface area contributed by atoms with Gasteiger partial charge in [0.1, 0.15) is 23.2 Å². The number of ether oxygens (including phenoxy) is 4. The van der Waals surface area contributed by atoms with E-state index in [1.165, 1.54) is 12.8 Å². The van der Waals surface area contributed by atoms with E-state index in [1.807, 2.05) is 12.1 Å². The topological polar surface area (TPSA) is 67.1 Å².